The van der Waals surface area contributed by atoms with Crippen molar-refractivity contribution in [2.24, 2.45) is 5.92 Å². The van der Waals surface area contributed by atoms with Crippen molar-refractivity contribution < 1.29 is 32.3 Å². The number of carbonyl (C=O) groups excluding carboxylic acids is 3. The van der Waals surface area contributed by atoms with Gasteiger partial charge in [0.15, 0.2) is 5.82 Å². The maximum absolute atomic E-state index is 13.7. The number of hydrogen-bond donors (Lipinski definition) is 5. The summed E-state index contributed by atoms with van der Waals surface area (Å²) in [5.41, 5.74) is 0.387. The van der Waals surface area contributed by atoms with Crippen LogP contribution < -0.4 is 31.3 Å². The summed E-state index contributed by atoms with van der Waals surface area (Å²) >= 11 is 0. The third-order valence-electron chi connectivity index (χ3n) is 7.70. The number of nitrogens with zero attached hydrogens (tertiary/aromatic N) is 3. The zero-order valence-electron chi connectivity index (χ0n) is 26.6. The molecule has 0 spiro atoms. The average Bonchev–Trinajstić information content (AvgIpc) is 3.50. The Morgan fingerprint density at radius 3 is 2.51 bits per heavy atom. The first-order valence-corrected chi connectivity index (χ1v) is 15.5. The second-order valence-electron chi connectivity index (χ2n) is 11.6. The molecule has 0 bridgehead atoms. The Labute approximate surface area is 271 Å². The van der Waals surface area contributed by atoms with Crippen LogP contribution in [0.15, 0.2) is 54.7 Å². The summed E-state index contributed by atoms with van der Waals surface area (Å²) in [6.07, 6.45) is -1.83. The lowest BCUT2D eigenvalue weighted by atomic mass is 9.99. The first-order valence-electron chi connectivity index (χ1n) is 15.5. The molecule has 1 aromatic heterocycles. The normalized spacial score (nSPS) is 20.6. The Kier molecular flexibility index (Phi) is 12.2. The number of rotatable bonds is 6. The topological polar surface area (TPSA) is 151 Å². The second kappa shape index (κ2) is 16.3. The van der Waals surface area contributed by atoms with Gasteiger partial charge >= 0.3 is 6.18 Å². The van der Waals surface area contributed by atoms with Gasteiger partial charge in [0.2, 0.25) is 17.7 Å². The van der Waals surface area contributed by atoms with Crippen LogP contribution in [0, 0.1) is 5.92 Å². The fraction of sp³-hybridized carbons (Fsp3) is 0.469. The smallest absolute Gasteiger partial charge is 0.416 e. The van der Waals surface area contributed by atoms with E-state index in [0.717, 1.165) is 17.7 Å². The zero-order chi connectivity index (χ0) is 34.0. The van der Waals surface area contributed by atoms with Crippen LogP contribution in [-0.2, 0) is 39.9 Å². The summed E-state index contributed by atoms with van der Waals surface area (Å²) in [6, 6.07) is 9.14. The lowest BCUT2D eigenvalue weighted by molar-refractivity contribution is -0.137. The number of ether oxygens (including phenoxy) is 1. The molecule has 1 aliphatic rings. The summed E-state index contributed by atoms with van der Waals surface area (Å²) in [5.74, 6) is -0.901. The standard InChI is InChI=1S/C32H41F3N8O4/c1-20(2)28-31(46)39-25(18-43-19-27(36-3)41-42-43)29(44)38-13-7-10-22-9-4-5-12-26(22)47-15-14-37-24(30(45)40-28)17-21-8-6-11-23(16-21)32(33,34)35/h4-6,8-9,11-12,16,19-20,24-25,28,36-37H,7,10,13-15,17-18H2,1-3H3,(H,38,44)(H,39,46)(H,40,45)/t24-,25+,28-/m1/s1. The fourth-order valence-electron chi connectivity index (χ4n) is 5.16. The number of hydrogen-bond acceptors (Lipinski definition) is 8. The zero-order valence-corrected chi connectivity index (χ0v) is 26.6. The lowest BCUT2D eigenvalue weighted by Gasteiger charge is -2.27. The predicted octanol–water partition coefficient (Wildman–Crippen LogP) is 2.31. The molecule has 254 valence electrons. The van der Waals surface area contributed by atoms with Crippen LogP contribution in [0.3, 0.4) is 0 Å². The number of alkyl halides is 3. The van der Waals surface area contributed by atoms with Crippen molar-refractivity contribution in [1.29, 1.82) is 0 Å². The van der Waals surface area contributed by atoms with Gasteiger partial charge in [0.1, 0.15) is 24.4 Å². The van der Waals surface area contributed by atoms with Crippen LogP contribution in [0.25, 0.3) is 0 Å². The van der Waals surface area contributed by atoms with Crippen LogP contribution in [0.1, 0.15) is 37.0 Å². The van der Waals surface area contributed by atoms with Crippen molar-refractivity contribution >= 4 is 23.5 Å². The molecular weight excluding hydrogens is 617 g/mol. The Balaban J connectivity index is 1.62. The maximum Gasteiger partial charge on any atom is 0.416 e. The first kappa shape index (κ1) is 35.2. The number of amides is 3. The van der Waals surface area contributed by atoms with Gasteiger partial charge in [-0.25, -0.2) is 4.68 Å². The summed E-state index contributed by atoms with van der Waals surface area (Å²) < 4.78 is 47.7. The highest BCUT2D eigenvalue weighted by molar-refractivity contribution is 5.93. The molecule has 2 heterocycles. The monoisotopic (exact) mass is 658 g/mol. The van der Waals surface area contributed by atoms with Gasteiger partial charge in [0, 0.05) is 20.1 Å². The van der Waals surface area contributed by atoms with Crippen molar-refractivity contribution in [3.05, 3.63) is 71.4 Å². The van der Waals surface area contributed by atoms with Gasteiger partial charge in [0.05, 0.1) is 24.3 Å². The minimum atomic E-state index is -4.55. The fourth-order valence-corrected chi connectivity index (χ4v) is 5.16. The van der Waals surface area contributed by atoms with Crippen LogP contribution >= 0.6 is 0 Å². The number of para-hydroxylation sites is 1. The van der Waals surface area contributed by atoms with Crippen molar-refractivity contribution in [2.75, 3.05) is 32.1 Å². The third kappa shape index (κ3) is 10.2. The van der Waals surface area contributed by atoms with Crippen LogP contribution in [-0.4, -0.2) is 77.6 Å². The molecule has 0 aliphatic carbocycles. The van der Waals surface area contributed by atoms with Crippen LogP contribution in [0.5, 0.6) is 5.75 Å². The van der Waals surface area contributed by atoms with Gasteiger partial charge in [-0.05, 0) is 48.4 Å². The van der Waals surface area contributed by atoms with Crippen molar-refractivity contribution in [3.63, 3.8) is 0 Å². The van der Waals surface area contributed by atoms with E-state index in [0.29, 0.717) is 31.0 Å². The Morgan fingerprint density at radius 1 is 1.00 bits per heavy atom. The number of benzene rings is 2. The van der Waals surface area contributed by atoms with E-state index < -0.39 is 53.5 Å². The summed E-state index contributed by atoms with van der Waals surface area (Å²) in [7, 11) is 1.67. The first-order chi connectivity index (χ1) is 22.4. The molecule has 5 N–H and O–H groups in total. The molecule has 1 aliphatic heterocycles. The molecule has 0 saturated heterocycles. The number of anilines is 1. The SMILES string of the molecule is CNc1cn(C[C@@H]2NC(=O)[C@@H](C(C)C)NC(=O)[C@@H](Cc3cccc(C(F)(F)F)c3)NCCOc3ccccc3CCCNC2=O)nn1. The largest absolute Gasteiger partial charge is 0.492 e. The van der Waals surface area contributed by atoms with E-state index in [9.17, 15) is 27.6 Å². The minimum absolute atomic E-state index is 0.0264. The molecule has 3 amide bonds. The average molecular weight is 659 g/mol. The number of aryl methyl sites for hydroxylation is 1. The van der Waals surface area contributed by atoms with Gasteiger partial charge in [-0.1, -0.05) is 55.5 Å². The summed E-state index contributed by atoms with van der Waals surface area (Å²) in [6.45, 7) is 4.16. The van der Waals surface area contributed by atoms with Gasteiger partial charge in [0.25, 0.3) is 0 Å². The highest BCUT2D eigenvalue weighted by Gasteiger charge is 2.33. The highest BCUT2D eigenvalue weighted by atomic mass is 19.4. The molecular formula is C32H41F3N8O4. The third-order valence-corrected chi connectivity index (χ3v) is 7.70. The quantitative estimate of drug-likeness (QED) is 0.271. The van der Waals surface area contributed by atoms with E-state index in [1.807, 2.05) is 24.3 Å². The molecule has 2 aromatic carbocycles. The summed E-state index contributed by atoms with van der Waals surface area (Å²) in [5, 5.41) is 22.3. The van der Waals surface area contributed by atoms with E-state index >= 15 is 0 Å². The van der Waals surface area contributed by atoms with Crippen LogP contribution in [0.4, 0.5) is 19.0 Å². The van der Waals surface area contributed by atoms with Crippen molar-refractivity contribution in [1.82, 2.24) is 36.3 Å². The lowest BCUT2D eigenvalue weighted by Crippen LogP contribution is -2.59. The number of fused-ring (bicyclic) bond motifs is 1. The Morgan fingerprint density at radius 2 is 1.79 bits per heavy atom. The van der Waals surface area contributed by atoms with E-state index in [4.69, 9.17) is 4.74 Å². The molecule has 0 fully saturated rings. The predicted molar refractivity (Wildman–Crippen MR) is 168 cm³/mol. The van der Waals surface area contributed by atoms with Gasteiger partial charge in [-0.15, -0.1) is 5.10 Å². The molecule has 15 heteroatoms. The van der Waals surface area contributed by atoms with E-state index in [-0.39, 0.29) is 31.7 Å². The van der Waals surface area contributed by atoms with Crippen LogP contribution in [0.2, 0.25) is 0 Å². The highest BCUT2D eigenvalue weighted by Crippen LogP contribution is 2.29. The van der Waals surface area contributed by atoms with E-state index in [1.54, 1.807) is 27.1 Å². The van der Waals surface area contributed by atoms with Crippen molar-refractivity contribution in [2.45, 2.75) is 64.0 Å². The van der Waals surface area contributed by atoms with Gasteiger partial charge in [-0.2, -0.15) is 13.2 Å². The number of nitrogens with one attached hydrogen (secondary N) is 5. The number of carbonyl (C=O) groups is 3. The second-order valence-corrected chi connectivity index (χ2v) is 11.6. The summed E-state index contributed by atoms with van der Waals surface area (Å²) in [4.78, 5) is 40.7. The molecule has 0 unspecified atom stereocenters. The maximum atomic E-state index is 13.7. The van der Waals surface area contributed by atoms with E-state index in [1.165, 1.54) is 16.8 Å². The molecule has 3 aromatic rings. The molecule has 12 nitrogen and oxygen atoms in total. The molecule has 0 saturated carbocycles. The molecule has 3 atom stereocenters. The molecule has 0 radical (unpaired) electrons. The van der Waals surface area contributed by atoms with Crippen molar-refractivity contribution in [3.8, 4) is 5.75 Å². The molecule has 4 rings (SSSR count). The molecule has 47 heavy (non-hydrogen) atoms. The van der Waals surface area contributed by atoms with Gasteiger partial charge < -0.3 is 31.3 Å². The van der Waals surface area contributed by atoms with E-state index in [2.05, 4.69) is 36.9 Å². The number of halogens is 3. The number of aromatic nitrogens is 3. The Hall–Kier alpha value is -4.66. The minimum Gasteiger partial charge on any atom is -0.492 e. The Bertz CT molecular complexity index is 1510. The van der Waals surface area contributed by atoms with Gasteiger partial charge in [-0.3, -0.25) is 14.4 Å².